The van der Waals surface area contributed by atoms with Crippen LogP contribution in [0.1, 0.15) is 13.8 Å². The van der Waals surface area contributed by atoms with Gasteiger partial charge in [0.2, 0.25) is 0 Å². The third-order valence-corrected chi connectivity index (χ3v) is 3.60. The van der Waals surface area contributed by atoms with Crippen molar-refractivity contribution >= 4 is 11.8 Å². The molecule has 1 unspecified atom stereocenters. The standard InChI is InChI=1S/C8H12O2S/c1-5-6(9)4-7(10)8(5,2)11-3/h4,9-10H,1-3H3. The molecule has 62 valence electrons. The van der Waals surface area contributed by atoms with Gasteiger partial charge in [0, 0.05) is 6.08 Å². The Balaban J connectivity index is 3.09. The smallest absolute Gasteiger partial charge is 0.119 e. The van der Waals surface area contributed by atoms with Crippen LogP contribution in [0.15, 0.2) is 23.2 Å². The molecule has 1 rings (SSSR count). The molecule has 0 aromatic rings. The van der Waals surface area contributed by atoms with E-state index in [-0.39, 0.29) is 11.5 Å². The van der Waals surface area contributed by atoms with E-state index >= 15 is 0 Å². The predicted octanol–water partition coefficient (Wildman–Crippen LogP) is 2.40. The van der Waals surface area contributed by atoms with Gasteiger partial charge in [-0.05, 0) is 25.7 Å². The highest BCUT2D eigenvalue weighted by atomic mass is 32.2. The van der Waals surface area contributed by atoms with Crippen molar-refractivity contribution in [2.45, 2.75) is 18.6 Å². The van der Waals surface area contributed by atoms with Crippen LogP contribution in [0.2, 0.25) is 0 Å². The van der Waals surface area contributed by atoms with Gasteiger partial charge in [0.1, 0.15) is 11.5 Å². The fourth-order valence-corrected chi connectivity index (χ4v) is 1.75. The molecule has 0 bridgehead atoms. The molecule has 0 aromatic carbocycles. The van der Waals surface area contributed by atoms with Crippen molar-refractivity contribution in [3.63, 3.8) is 0 Å². The van der Waals surface area contributed by atoms with E-state index < -0.39 is 4.75 Å². The van der Waals surface area contributed by atoms with Gasteiger partial charge in [-0.1, -0.05) is 0 Å². The summed E-state index contributed by atoms with van der Waals surface area (Å²) < 4.78 is -0.413. The van der Waals surface area contributed by atoms with Crippen LogP contribution in [0.3, 0.4) is 0 Å². The Hall–Kier alpha value is -0.570. The van der Waals surface area contributed by atoms with Crippen molar-refractivity contribution in [1.29, 1.82) is 0 Å². The summed E-state index contributed by atoms with van der Waals surface area (Å²) in [6.45, 7) is 3.72. The molecular weight excluding hydrogens is 160 g/mol. The fourth-order valence-electron chi connectivity index (χ4n) is 1.07. The Labute approximate surface area is 70.6 Å². The van der Waals surface area contributed by atoms with Gasteiger partial charge in [0.05, 0.1) is 4.75 Å². The number of aliphatic hydroxyl groups is 2. The zero-order chi connectivity index (χ0) is 8.65. The molecule has 0 radical (unpaired) electrons. The van der Waals surface area contributed by atoms with Gasteiger partial charge in [-0.25, -0.2) is 0 Å². The molecule has 3 heteroatoms. The fraction of sp³-hybridized carbons (Fsp3) is 0.500. The average Bonchev–Trinajstić information content (AvgIpc) is 2.16. The minimum atomic E-state index is -0.413. The van der Waals surface area contributed by atoms with E-state index in [1.165, 1.54) is 17.8 Å². The van der Waals surface area contributed by atoms with E-state index in [1.54, 1.807) is 0 Å². The maximum Gasteiger partial charge on any atom is 0.119 e. The van der Waals surface area contributed by atoms with E-state index in [0.29, 0.717) is 0 Å². The number of aliphatic hydroxyl groups excluding tert-OH is 2. The predicted molar refractivity (Wildman–Crippen MR) is 48.0 cm³/mol. The number of rotatable bonds is 1. The van der Waals surface area contributed by atoms with Crippen molar-refractivity contribution < 1.29 is 10.2 Å². The van der Waals surface area contributed by atoms with Crippen LogP contribution in [0.25, 0.3) is 0 Å². The van der Waals surface area contributed by atoms with Crippen LogP contribution in [-0.4, -0.2) is 21.2 Å². The largest absolute Gasteiger partial charge is 0.510 e. The van der Waals surface area contributed by atoms with Crippen molar-refractivity contribution in [3.05, 3.63) is 23.2 Å². The molecule has 1 aliphatic rings. The molecule has 0 saturated carbocycles. The molecule has 0 aliphatic heterocycles. The molecule has 0 amide bonds. The summed E-state index contributed by atoms with van der Waals surface area (Å²) in [6.07, 6.45) is 3.32. The minimum absolute atomic E-state index is 0.194. The van der Waals surface area contributed by atoms with Crippen LogP contribution in [0.5, 0.6) is 0 Å². The Morgan fingerprint density at radius 1 is 1.45 bits per heavy atom. The van der Waals surface area contributed by atoms with Gasteiger partial charge in [-0.15, -0.1) is 11.8 Å². The summed E-state index contributed by atoms with van der Waals surface area (Å²) in [4.78, 5) is 0. The maximum atomic E-state index is 9.43. The lowest BCUT2D eigenvalue weighted by Crippen LogP contribution is -2.21. The molecule has 1 aliphatic carbocycles. The topological polar surface area (TPSA) is 40.5 Å². The van der Waals surface area contributed by atoms with Crippen LogP contribution in [0, 0.1) is 0 Å². The highest BCUT2D eigenvalue weighted by Crippen LogP contribution is 2.42. The van der Waals surface area contributed by atoms with Gasteiger partial charge in [0.15, 0.2) is 0 Å². The quantitative estimate of drug-likeness (QED) is 0.638. The van der Waals surface area contributed by atoms with E-state index in [0.717, 1.165) is 5.57 Å². The zero-order valence-corrected chi connectivity index (χ0v) is 7.70. The first-order chi connectivity index (χ1) is 5.02. The molecule has 0 fully saturated rings. The molecule has 0 heterocycles. The van der Waals surface area contributed by atoms with Gasteiger partial charge < -0.3 is 10.2 Å². The second-order valence-corrected chi connectivity index (χ2v) is 4.00. The van der Waals surface area contributed by atoms with Gasteiger partial charge in [0.25, 0.3) is 0 Å². The first-order valence-electron chi connectivity index (χ1n) is 3.39. The Morgan fingerprint density at radius 3 is 2.18 bits per heavy atom. The highest BCUT2D eigenvalue weighted by Gasteiger charge is 2.36. The van der Waals surface area contributed by atoms with E-state index in [1.807, 2.05) is 20.1 Å². The van der Waals surface area contributed by atoms with Crippen molar-refractivity contribution in [1.82, 2.24) is 0 Å². The van der Waals surface area contributed by atoms with E-state index in [9.17, 15) is 10.2 Å². The lowest BCUT2D eigenvalue weighted by Gasteiger charge is -2.23. The average molecular weight is 172 g/mol. The van der Waals surface area contributed by atoms with Crippen molar-refractivity contribution in [2.75, 3.05) is 6.26 Å². The molecule has 2 N–H and O–H groups in total. The van der Waals surface area contributed by atoms with Crippen LogP contribution < -0.4 is 0 Å². The minimum Gasteiger partial charge on any atom is -0.510 e. The van der Waals surface area contributed by atoms with Crippen LogP contribution in [0.4, 0.5) is 0 Å². The summed E-state index contributed by atoms with van der Waals surface area (Å²) in [5.41, 5.74) is 0.822. The normalized spacial score (nSPS) is 31.0. The molecular formula is C8H12O2S. The first-order valence-corrected chi connectivity index (χ1v) is 4.61. The summed E-state index contributed by atoms with van der Waals surface area (Å²) in [7, 11) is 0. The Kier molecular flexibility index (Phi) is 1.92. The number of hydrogen-bond donors (Lipinski definition) is 2. The summed E-state index contributed by atoms with van der Waals surface area (Å²) in [5.74, 6) is 0.430. The lowest BCUT2D eigenvalue weighted by molar-refractivity contribution is 0.378. The van der Waals surface area contributed by atoms with Gasteiger partial charge >= 0.3 is 0 Å². The van der Waals surface area contributed by atoms with E-state index in [2.05, 4.69) is 0 Å². The zero-order valence-electron chi connectivity index (χ0n) is 6.88. The third kappa shape index (κ3) is 1.03. The molecule has 1 atom stereocenters. The molecule has 0 spiro atoms. The third-order valence-electron chi connectivity index (χ3n) is 2.27. The molecule has 0 saturated heterocycles. The van der Waals surface area contributed by atoms with E-state index in [4.69, 9.17) is 0 Å². The van der Waals surface area contributed by atoms with Crippen molar-refractivity contribution in [2.24, 2.45) is 0 Å². The molecule has 2 nitrogen and oxygen atoms in total. The SMILES string of the molecule is CSC1(C)C(O)=CC(O)=C1C. The first kappa shape index (κ1) is 8.53. The van der Waals surface area contributed by atoms with Crippen LogP contribution >= 0.6 is 11.8 Å². The summed E-state index contributed by atoms with van der Waals surface area (Å²) in [5, 5.41) is 18.7. The maximum absolute atomic E-state index is 9.43. The molecule has 11 heavy (non-hydrogen) atoms. The monoisotopic (exact) mass is 172 g/mol. The van der Waals surface area contributed by atoms with Crippen LogP contribution in [-0.2, 0) is 0 Å². The Morgan fingerprint density at radius 2 is 2.00 bits per heavy atom. The van der Waals surface area contributed by atoms with Gasteiger partial charge in [-0.2, -0.15) is 0 Å². The Bertz CT molecular complexity index is 242. The number of allylic oxidation sites excluding steroid dienone is 1. The lowest BCUT2D eigenvalue weighted by atomic mass is 10.0. The van der Waals surface area contributed by atoms with Crippen molar-refractivity contribution in [3.8, 4) is 0 Å². The number of hydrogen-bond acceptors (Lipinski definition) is 3. The van der Waals surface area contributed by atoms with Gasteiger partial charge in [-0.3, -0.25) is 0 Å². The number of thioether (sulfide) groups is 1. The highest BCUT2D eigenvalue weighted by molar-refractivity contribution is 8.00. The molecule has 0 aromatic heterocycles. The second-order valence-electron chi connectivity index (χ2n) is 2.78. The second kappa shape index (κ2) is 2.48. The summed E-state index contributed by atoms with van der Waals surface area (Å²) >= 11 is 1.52. The summed E-state index contributed by atoms with van der Waals surface area (Å²) in [6, 6.07) is 0.